The number of ether oxygens (including phenoxy) is 1. The van der Waals surface area contributed by atoms with E-state index in [2.05, 4.69) is 55.3 Å². The van der Waals surface area contributed by atoms with Crippen molar-refractivity contribution >= 4 is 0 Å². The van der Waals surface area contributed by atoms with Gasteiger partial charge in [0.15, 0.2) is 0 Å². The van der Waals surface area contributed by atoms with Gasteiger partial charge < -0.3 is 14.7 Å². The molecular formula is C26H44N2O2. The minimum Gasteiger partial charge on any atom is -0.381 e. The molecule has 0 bridgehead atoms. The summed E-state index contributed by atoms with van der Waals surface area (Å²) in [5, 5.41) is 14.5. The Balaban J connectivity index is 1.36. The van der Waals surface area contributed by atoms with E-state index in [9.17, 15) is 5.11 Å². The van der Waals surface area contributed by atoms with Crippen LogP contribution in [0.2, 0.25) is 0 Å². The van der Waals surface area contributed by atoms with Crippen LogP contribution < -0.4 is 5.32 Å². The van der Waals surface area contributed by atoms with Crippen molar-refractivity contribution in [1.82, 2.24) is 10.2 Å². The number of hydrogen-bond donors (Lipinski definition) is 2. The lowest BCUT2D eigenvalue weighted by Crippen LogP contribution is -2.56. The second-order valence-corrected chi connectivity index (χ2v) is 11.6. The van der Waals surface area contributed by atoms with E-state index in [1.54, 1.807) is 0 Å². The first-order valence-corrected chi connectivity index (χ1v) is 12.5. The van der Waals surface area contributed by atoms with Crippen molar-refractivity contribution in [1.29, 1.82) is 0 Å². The van der Waals surface area contributed by atoms with Crippen molar-refractivity contribution in [2.24, 2.45) is 28.6 Å². The average molecular weight is 417 g/mol. The van der Waals surface area contributed by atoms with Gasteiger partial charge in [-0.2, -0.15) is 0 Å². The predicted octanol–water partition coefficient (Wildman–Crippen LogP) is 4.36. The minimum absolute atomic E-state index is 0.335. The summed E-state index contributed by atoms with van der Waals surface area (Å²) in [5.74, 6) is 1.46. The maximum atomic E-state index is 10.9. The normalized spacial score (nSPS) is 33.5. The van der Waals surface area contributed by atoms with Crippen LogP contribution in [0.3, 0.4) is 0 Å². The molecule has 1 saturated carbocycles. The van der Waals surface area contributed by atoms with E-state index in [4.69, 9.17) is 4.74 Å². The number of hydrogen-bond acceptors (Lipinski definition) is 4. The molecule has 30 heavy (non-hydrogen) atoms. The molecule has 4 aliphatic rings. The highest BCUT2D eigenvalue weighted by Crippen LogP contribution is 2.53. The molecule has 2 heterocycles. The van der Waals surface area contributed by atoms with Crippen molar-refractivity contribution in [2.45, 2.75) is 78.0 Å². The summed E-state index contributed by atoms with van der Waals surface area (Å²) in [5.41, 5.74) is 0.873. The van der Waals surface area contributed by atoms with Crippen molar-refractivity contribution in [2.75, 3.05) is 32.8 Å². The topological polar surface area (TPSA) is 44.7 Å². The van der Waals surface area contributed by atoms with E-state index in [-0.39, 0.29) is 0 Å². The summed E-state index contributed by atoms with van der Waals surface area (Å²) >= 11 is 0. The van der Waals surface area contributed by atoms with Gasteiger partial charge in [0.2, 0.25) is 0 Å². The number of nitrogens with zero attached hydrogens (tertiary/aromatic N) is 1. The molecule has 0 amide bonds. The predicted molar refractivity (Wildman–Crippen MR) is 123 cm³/mol. The van der Waals surface area contributed by atoms with Crippen LogP contribution in [-0.2, 0) is 4.74 Å². The zero-order chi connectivity index (χ0) is 21.2. The van der Waals surface area contributed by atoms with Gasteiger partial charge in [-0.1, -0.05) is 45.1 Å². The van der Waals surface area contributed by atoms with Crippen LogP contribution >= 0.6 is 0 Å². The Morgan fingerprint density at radius 3 is 2.47 bits per heavy atom. The summed E-state index contributed by atoms with van der Waals surface area (Å²) < 4.78 is 5.48. The smallest absolute Gasteiger partial charge is 0.108 e. The Hall–Kier alpha value is -0.680. The summed E-state index contributed by atoms with van der Waals surface area (Å²) in [6.45, 7) is 12.4. The molecule has 0 aromatic carbocycles. The summed E-state index contributed by atoms with van der Waals surface area (Å²) in [7, 11) is 0. The molecule has 1 spiro atoms. The number of aliphatic hydroxyl groups is 1. The zero-order valence-corrected chi connectivity index (χ0v) is 19.5. The number of fused-ring (bicyclic) bond motifs is 2. The third-order valence-corrected chi connectivity index (χ3v) is 8.43. The van der Waals surface area contributed by atoms with E-state index < -0.39 is 6.23 Å². The molecule has 170 valence electrons. The molecule has 4 heteroatoms. The van der Waals surface area contributed by atoms with Gasteiger partial charge in [-0.15, -0.1) is 0 Å². The molecule has 0 aromatic rings. The Kier molecular flexibility index (Phi) is 7.08. The molecule has 3 fully saturated rings. The molecule has 3 unspecified atom stereocenters. The van der Waals surface area contributed by atoms with Crippen LogP contribution in [0.5, 0.6) is 0 Å². The molecular weight excluding hydrogens is 372 g/mol. The van der Waals surface area contributed by atoms with E-state index in [1.165, 1.54) is 51.7 Å². The van der Waals surface area contributed by atoms with Gasteiger partial charge in [-0.25, -0.2) is 0 Å². The summed E-state index contributed by atoms with van der Waals surface area (Å²) in [6.07, 6.45) is 17.4. The monoisotopic (exact) mass is 416 g/mol. The largest absolute Gasteiger partial charge is 0.381 e. The zero-order valence-electron chi connectivity index (χ0n) is 19.5. The van der Waals surface area contributed by atoms with E-state index in [0.29, 0.717) is 34.6 Å². The van der Waals surface area contributed by atoms with E-state index in [0.717, 1.165) is 26.1 Å². The highest BCUT2D eigenvalue weighted by molar-refractivity contribution is 5.22. The molecule has 4 atom stereocenters. The van der Waals surface area contributed by atoms with Crippen molar-refractivity contribution in [3.63, 3.8) is 0 Å². The number of rotatable bonds is 5. The average Bonchev–Trinajstić information content (AvgIpc) is 2.76. The first kappa shape index (κ1) is 22.5. The fourth-order valence-corrected chi connectivity index (χ4v) is 6.30. The molecule has 0 aromatic heterocycles. The van der Waals surface area contributed by atoms with Crippen LogP contribution in [0.25, 0.3) is 0 Å². The highest BCUT2D eigenvalue weighted by atomic mass is 16.5. The van der Waals surface area contributed by atoms with Gasteiger partial charge in [0.25, 0.3) is 0 Å². The van der Waals surface area contributed by atoms with E-state index in [1.807, 2.05) is 0 Å². The molecule has 4 rings (SSSR count). The quantitative estimate of drug-likeness (QED) is 0.654. The molecule has 4 nitrogen and oxygen atoms in total. The third kappa shape index (κ3) is 5.20. The molecule has 2 N–H and O–H groups in total. The first-order valence-electron chi connectivity index (χ1n) is 12.5. The highest BCUT2D eigenvalue weighted by Gasteiger charge is 2.49. The number of piperidine rings is 1. The van der Waals surface area contributed by atoms with Gasteiger partial charge in [-0.05, 0) is 87.2 Å². The van der Waals surface area contributed by atoms with Crippen LogP contribution in [0.4, 0.5) is 0 Å². The molecule has 2 saturated heterocycles. The number of nitrogens with one attached hydrogen (secondary N) is 1. The maximum Gasteiger partial charge on any atom is 0.108 e. The van der Waals surface area contributed by atoms with Crippen molar-refractivity contribution < 1.29 is 9.84 Å². The van der Waals surface area contributed by atoms with Crippen molar-refractivity contribution in [3.05, 3.63) is 24.3 Å². The fourth-order valence-electron chi connectivity index (χ4n) is 6.30. The van der Waals surface area contributed by atoms with Crippen LogP contribution in [0.1, 0.15) is 65.7 Å². The Bertz CT molecular complexity index is 609. The van der Waals surface area contributed by atoms with Gasteiger partial charge in [0, 0.05) is 25.2 Å². The number of allylic oxidation sites excluding steroid dienone is 3. The lowest BCUT2D eigenvalue weighted by Gasteiger charge is -2.54. The van der Waals surface area contributed by atoms with Crippen LogP contribution in [-0.4, -0.2) is 55.1 Å². The third-order valence-electron chi connectivity index (χ3n) is 8.43. The Labute approximate surface area is 184 Å². The van der Waals surface area contributed by atoms with Crippen LogP contribution in [0, 0.1) is 28.6 Å². The summed E-state index contributed by atoms with van der Waals surface area (Å²) in [6, 6.07) is 0.388. The fraction of sp³-hybridized carbons (Fsp3) is 0.846. The molecule has 2 aliphatic heterocycles. The summed E-state index contributed by atoms with van der Waals surface area (Å²) in [4.78, 5) is 2.70. The standard InChI is InChI=1S/C26H44N2O2/c1-25(2,3)12-15-28-16-13-26(14-17-28)11-8-23(21-6-4-5-7-22(21)26)27-24(29)20-9-18-30-19-10-20/h4-7,20-24,27,29H,8-19H2,1-3H3/t21?,22?,23-,24?/m0/s1. The van der Waals surface area contributed by atoms with Gasteiger partial charge >= 0.3 is 0 Å². The second-order valence-electron chi connectivity index (χ2n) is 11.6. The Morgan fingerprint density at radius 1 is 1.07 bits per heavy atom. The number of aliphatic hydroxyl groups excluding tert-OH is 1. The van der Waals surface area contributed by atoms with Crippen molar-refractivity contribution in [3.8, 4) is 0 Å². The van der Waals surface area contributed by atoms with Gasteiger partial charge in [0.1, 0.15) is 6.23 Å². The first-order chi connectivity index (χ1) is 14.4. The maximum absolute atomic E-state index is 10.9. The molecule has 2 aliphatic carbocycles. The molecule has 0 radical (unpaired) electrons. The lowest BCUT2D eigenvalue weighted by molar-refractivity contribution is -0.0380. The Morgan fingerprint density at radius 2 is 1.77 bits per heavy atom. The SMILES string of the molecule is CC(C)(C)CCN1CCC2(CC[C@H](NC(O)C3CCOCC3)C3C=CC=CC32)CC1. The van der Waals surface area contributed by atoms with Gasteiger partial charge in [-0.3, -0.25) is 5.32 Å². The lowest BCUT2D eigenvalue weighted by atomic mass is 9.55. The van der Waals surface area contributed by atoms with Gasteiger partial charge in [0.05, 0.1) is 0 Å². The van der Waals surface area contributed by atoms with Crippen LogP contribution in [0.15, 0.2) is 24.3 Å². The van der Waals surface area contributed by atoms with E-state index >= 15 is 0 Å². The minimum atomic E-state index is -0.396. The number of likely N-dealkylation sites (tertiary alicyclic amines) is 1. The second kappa shape index (κ2) is 9.44.